The maximum Gasteiger partial charge on any atom is 0.305 e. The quantitative estimate of drug-likeness (QED) is 0.431. The van der Waals surface area contributed by atoms with Crippen LogP contribution in [0.1, 0.15) is 33.6 Å². The number of hydrogen-bond donors (Lipinski definition) is 0. The summed E-state index contributed by atoms with van der Waals surface area (Å²) in [6.07, 6.45) is 5.98. The average molecular weight is 256 g/mol. The van der Waals surface area contributed by atoms with Crippen LogP contribution in [0.3, 0.4) is 0 Å². The maximum absolute atomic E-state index is 11.1. The molecule has 0 rings (SSSR count). The summed E-state index contributed by atoms with van der Waals surface area (Å²) in [5, 5.41) is 0.118. The fourth-order valence-corrected chi connectivity index (χ4v) is 2.31. The molecule has 0 amide bonds. The third kappa shape index (κ3) is 5.38. The van der Waals surface area contributed by atoms with Crippen LogP contribution < -0.4 is 0 Å². The van der Waals surface area contributed by atoms with Gasteiger partial charge in [0.2, 0.25) is 0 Å². The Kier molecular flexibility index (Phi) is 5.93. The molecule has 0 saturated carbocycles. The minimum absolute atomic E-state index is 0.118. The van der Waals surface area contributed by atoms with Gasteiger partial charge in [-0.15, -0.1) is 6.42 Å². The minimum Gasteiger partial charge on any atom is -0.469 e. The van der Waals surface area contributed by atoms with Gasteiger partial charge in [0.1, 0.15) is 6.10 Å². The molecule has 1 atom stereocenters. The molecule has 1 unspecified atom stereocenters. The smallest absolute Gasteiger partial charge is 0.305 e. The molecule has 98 valence electrons. The molecule has 0 N–H and O–H groups in total. The zero-order valence-electron chi connectivity index (χ0n) is 11.8. The van der Waals surface area contributed by atoms with Gasteiger partial charge in [0.25, 0.3) is 0 Å². The van der Waals surface area contributed by atoms with Gasteiger partial charge in [0.05, 0.1) is 7.11 Å². The summed E-state index contributed by atoms with van der Waals surface area (Å²) in [6.45, 7) is 10.8. The van der Waals surface area contributed by atoms with Gasteiger partial charge >= 0.3 is 5.97 Å². The van der Waals surface area contributed by atoms with Crippen molar-refractivity contribution in [2.75, 3.05) is 7.11 Å². The highest BCUT2D eigenvalue weighted by Gasteiger charge is 2.38. The normalized spacial score (nSPS) is 13.9. The molecule has 4 heteroatoms. The third-order valence-electron chi connectivity index (χ3n) is 3.27. The Hall–Kier alpha value is -0.793. The van der Waals surface area contributed by atoms with E-state index in [1.54, 1.807) is 0 Å². The Bertz CT molecular complexity index is 297. The van der Waals surface area contributed by atoms with Crippen molar-refractivity contribution >= 4 is 14.3 Å². The van der Waals surface area contributed by atoms with Crippen LogP contribution in [0.25, 0.3) is 0 Å². The highest BCUT2D eigenvalue weighted by Crippen LogP contribution is 2.37. The Morgan fingerprint density at radius 2 is 1.94 bits per heavy atom. The van der Waals surface area contributed by atoms with Crippen molar-refractivity contribution < 1.29 is 14.0 Å². The van der Waals surface area contributed by atoms with Crippen LogP contribution in [0.4, 0.5) is 0 Å². The molecule has 0 aromatic rings. The lowest BCUT2D eigenvalue weighted by Crippen LogP contribution is -2.43. The lowest BCUT2D eigenvalue weighted by molar-refractivity contribution is -0.141. The van der Waals surface area contributed by atoms with Gasteiger partial charge in [-0.3, -0.25) is 4.79 Å². The van der Waals surface area contributed by atoms with Crippen LogP contribution in [-0.2, 0) is 14.0 Å². The highest BCUT2D eigenvalue weighted by molar-refractivity contribution is 6.74. The van der Waals surface area contributed by atoms with Crippen LogP contribution in [0.2, 0.25) is 18.1 Å². The molecule has 0 heterocycles. The summed E-state index contributed by atoms with van der Waals surface area (Å²) in [5.41, 5.74) is 0. The summed E-state index contributed by atoms with van der Waals surface area (Å²) in [7, 11) is -0.489. The van der Waals surface area contributed by atoms with E-state index >= 15 is 0 Å². The first kappa shape index (κ1) is 16.2. The predicted octanol–water partition coefficient (Wildman–Crippen LogP) is 2.96. The number of hydrogen-bond acceptors (Lipinski definition) is 3. The van der Waals surface area contributed by atoms with Gasteiger partial charge in [-0.2, -0.15) is 0 Å². The maximum atomic E-state index is 11.1. The Morgan fingerprint density at radius 1 is 1.41 bits per heavy atom. The Morgan fingerprint density at radius 3 is 2.29 bits per heavy atom. The minimum atomic E-state index is -1.87. The van der Waals surface area contributed by atoms with Gasteiger partial charge in [0, 0.05) is 6.42 Å². The zero-order valence-corrected chi connectivity index (χ0v) is 12.8. The average Bonchev–Trinajstić information content (AvgIpc) is 2.21. The van der Waals surface area contributed by atoms with Gasteiger partial charge in [-0.05, 0) is 24.6 Å². The van der Waals surface area contributed by atoms with Crippen molar-refractivity contribution in [3.8, 4) is 12.3 Å². The molecule has 0 aliphatic rings. The van der Waals surface area contributed by atoms with Crippen LogP contribution in [0.5, 0.6) is 0 Å². The molecule has 0 aromatic carbocycles. The number of ether oxygens (including phenoxy) is 1. The van der Waals surface area contributed by atoms with Crippen molar-refractivity contribution in [1.29, 1.82) is 0 Å². The number of carbonyl (C=O) groups is 1. The van der Waals surface area contributed by atoms with Crippen LogP contribution in [0, 0.1) is 12.3 Å². The molecule has 0 spiro atoms. The second-order valence-corrected chi connectivity index (χ2v) is 10.4. The van der Waals surface area contributed by atoms with E-state index in [1.807, 2.05) is 0 Å². The molecule has 0 aromatic heterocycles. The molecule has 0 fully saturated rings. The van der Waals surface area contributed by atoms with Gasteiger partial charge in [-0.25, -0.2) is 0 Å². The van der Waals surface area contributed by atoms with Crippen molar-refractivity contribution in [2.24, 2.45) is 0 Å². The van der Waals surface area contributed by atoms with E-state index < -0.39 is 8.32 Å². The van der Waals surface area contributed by atoms with E-state index in [9.17, 15) is 4.79 Å². The highest BCUT2D eigenvalue weighted by atomic mass is 28.4. The fourth-order valence-electron chi connectivity index (χ4n) is 1.06. The molecule has 0 saturated heterocycles. The van der Waals surface area contributed by atoms with Gasteiger partial charge in [0.15, 0.2) is 8.32 Å². The summed E-state index contributed by atoms with van der Waals surface area (Å²) in [6, 6.07) is 0. The zero-order chi connectivity index (χ0) is 13.7. The van der Waals surface area contributed by atoms with E-state index in [1.165, 1.54) is 7.11 Å². The molecule has 3 nitrogen and oxygen atoms in total. The van der Waals surface area contributed by atoms with E-state index in [4.69, 9.17) is 10.8 Å². The number of carbonyl (C=O) groups excluding carboxylic acids is 1. The summed E-state index contributed by atoms with van der Waals surface area (Å²) < 4.78 is 10.6. The first-order valence-corrected chi connectivity index (χ1v) is 8.75. The van der Waals surface area contributed by atoms with Crippen molar-refractivity contribution in [2.45, 2.75) is 57.8 Å². The standard InChI is InChI=1S/C13H24O3Si/c1-8-11(9-10-12(14)15-5)16-17(6,7)13(2,3)4/h1,11H,9-10H2,2-7H3. The number of methoxy groups -OCH3 is 1. The molecule has 17 heavy (non-hydrogen) atoms. The van der Waals surface area contributed by atoms with Crippen molar-refractivity contribution in [1.82, 2.24) is 0 Å². The Labute approximate surface area is 106 Å². The SMILES string of the molecule is C#CC(CCC(=O)OC)O[Si](C)(C)C(C)(C)C. The fraction of sp³-hybridized carbons (Fsp3) is 0.769. The summed E-state index contributed by atoms with van der Waals surface area (Å²) in [5.74, 6) is 2.37. The van der Waals surface area contributed by atoms with E-state index in [0.717, 1.165) is 0 Å². The second-order valence-electron chi connectivity index (χ2n) is 5.65. The van der Waals surface area contributed by atoms with E-state index in [-0.39, 0.29) is 17.1 Å². The van der Waals surface area contributed by atoms with Crippen molar-refractivity contribution in [3.63, 3.8) is 0 Å². The van der Waals surface area contributed by atoms with E-state index in [0.29, 0.717) is 12.8 Å². The molecular formula is C13H24O3Si. The first-order valence-electron chi connectivity index (χ1n) is 5.85. The summed E-state index contributed by atoms with van der Waals surface area (Å²) >= 11 is 0. The number of rotatable bonds is 5. The van der Waals surface area contributed by atoms with Gasteiger partial charge in [-0.1, -0.05) is 26.7 Å². The lowest BCUT2D eigenvalue weighted by Gasteiger charge is -2.38. The molecule has 0 bridgehead atoms. The number of esters is 1. The van der Waals surface area contributed by atoms with Crippen LogP contribution in [-0.4, -0.2) is 27.5 Å². The lowest BCUT2D eigenvalue weighted by atomic mass is 10.2. The Balaban J connectivity index is 4.42. The van der Waals surface area contributed by atoms with Crippen molar-refractivity contribution in [3.05, 3.63) is 0 Å². The van der Waals surface area contributed by atoms with Crippen LogP contribution >= 0.6 is 0 Å². The van der Waals surface area contributed by atoms with E-state index in [2.05, 4.69) is 44.5 Å². The summed E-state index contributed by atoms with van der Waals surface area (Å²) in [4.78, 5) is 11.1. The largest absolute Gasteiger partial charge is 0.469 e. The van der Waals surface area contributed by atoms with Crippen LogP contribution in [0.15, 0.2) is 0 Å². The molecule has 0 aliphatic carbocycles. The third-order valence-corrected chi connectivity index (χ3v) is 7.75. The second kappa shape index (κ2) is 6.22. The number of terminal acetylenes is 1. The molecule has 0 radical (unpaired) electrons. The topological polar surface area (TPSA) is 35.5 Å². The monoisotopic (exact) mass is 256 g/mol. The van der Waals surface area contributed by atoms with Gasteiger partial charge < -0.3 is 9.16 Å². The molecule has 0 aliphatic heterocycles. The first-order chi connectivity index (χ1) is 7.64. The predicted molar refractivity (Wildman–Crippen MR) is 72.2 cm³/mol. The molecular weight excluding hydrogens is 232 g/mol.